The van der Waals surface area contributed by atoms with E-state index in [1.807, 2.05) is 17.0 Å². The van der Waals surface area contributed by atoms with Crippen molar-refractivity contribution in [1.29, 1.82) is 0 Å². The summed E-state index contributed by atoms with van der Waals surface area (Å²) in [7, 11) is 0. The highest BCUT2D eigenvalue weighted by Crippen LogP contribution is 2.32. The lowest BCUT2D eigenvalue weighted by Gasteiger charge is -2.25. The number of fused-ring (bicyclic) bond motifs is 1. The van der Waals surface area contributed by atoms with Gasteiger partial charge in [0, 0.05) is 37.2 Å². The molecule has 0 bridgehead atoms. The number of aromatic nitrogens is 2. The molecule has 0 aliphatic rings. The second-order valence-electron chi connectivity index (χ2n) is 13.3. The number of halogens is 4. The highest BCUT2D eigenvalue weighted by atomic mass is 35.5. The van der Waals surface area contributed by atoms with E-state index in [4.69, 9.17) is 49.1 Å². The predicted molar refractivity (Wildman–Crippen MR) is 214 cm³/mol. The maximum atomic E-state index is 15.1. The maximum absolute atomic E-state index is 15.1. The van der Waals surface area contributed by atoms with Crippen LogP contribution >= 0.6 is 23.2 Å². The van der Waals surface area contributed by atoms with Crippen LogP contribution < -0.4 is 21.7 Å². The van der Waals surface area contributed by atoms with Gasteiger partial charge in [0.25, 0.3) is 0 Å². The summed E-state index contributed by atoms with van der Waals surface area (Å²) in [5.74, 6) is -3.02. The summed E-state index contributed by atoms with van der Waals surface area (Å²) in [6.07, 6.45) is 0.807. The van der Waals surface area contributed by atoms with Gasteiger partial charge in [0.2, 0.25) is 5.91 Å². The van der Waals surface area contributed by atoms with E-state index in [0.717, 1.165) is 23.9 Å². The Bertz CT molecular complexity index is 2220. The minimum Gasteiger partial charge on any atom is -0.464 e. The Balaban J connectivity index is 1.51. The van der Waals surface area contributed by atoms with Crippen molar-refractivity contribution < 1.29 is 37.4 Å². The molecule has 0 spiro atoms. The molecule has 5 aromatic rings. The van der Waals surface area contributed by atoms with Crippen molar-refractivity contribution in [1.82, 2.24) is 14.9 Å². The van der Waals surface area contributed by atoms with Gasteiger partial charge >= 0.3 is 11.9 Å². The van der Waals surface area contributed by atoms with E-state index < -0.39 is 47.5 Å². The van der Waals surface area contributed by atoms with Crippen molar-refractivity contribution in [2.45, 2.75) is 38.9 Å². The summed E-state index contributed by atoms with van der Waals surface area (Å²) in [5, 5.41) is 3.57. The molecule has 0 aliphatic carbocycles. The molecule has 0 saturated carbocycles. The predicted octanol–water partition coefficient (Wildman–Crippen LogP) is 5.77. The second kappa shape index (κ2) is 19.6. The summed E-state index contributed by atoms with van der Waals surface area (Å²) in [5.41, 5.74) is 15.9. The van der Waals surface area contributed by atoms with Crippen molar-refractivity contribution in [2.75, 3.05) is 37.7 Å². The van der Waals surface area contributed by atoms with Crippen LogP contribution in [0.15, 0.2) is 78.9 Å². The van der Waals surface area contributed by atoms with Crippen molar-refractivity contribution in [3.8, 4) is 11.4 Å². The third kappa shape index (κ3) is 11.1. The molecular weight excluding hydrogens is 781 g/mol. The highest BCUT2D eigenvalue weighted by molar-refractivity contribution is 6.42. The van der Waals surface area contributed by atoms with Crippen LogP contribution in [0.4, 0.5) is 14.5 Å². The summed E-state index contributed by atoms with van der Waals surface area (Å²) in [6, 6.07) is 18.7. The van der Waals surface area contributed by atoms with E-state index in [2.05, 4.69) is 5.32 Å². The topological polar surface area (TPSA) is 172 Å². The first kappa shape index (κ1) is 42.7. The van der Waals surface area contributed by atoms with Gasteiger partial charge in [-0.05, 0) is 84.3 Å². The number of anilines is 1. The van der Waals surface area contributed by atoms with E-state index >= 15 is 4.39 Å². The summed E-state index contributed by atoms with van der Waals surface area (Å²) < 4.78 is 41.4. The Kier molecular flexibility index (Phi) is 14.7. The largest absolute Gasteiger partial charge is 0.464 e. The van der Waals surface area contributed by atoms with E-state index in [9.17, 15) is 23.6 Å². The zero-order chi connectivity index (χ0) is 41.2. The standard InChI is InChI=1S/C41H42Cl2F2N6O6/c1-24(53)56-15-13-50(14-16-57-25(2)54)32-8-4-27(5-9-32)40-48-37-20-28(6-12-38(37)51(40)22-29-19-31(44)7-11-35(29)45)39(30(21-46)23-52)49-41(55)36(47)18-26-3-10-33(42)34(43)17-26/h3-12,17,19-20,23,30,36,39H,13-16,18,21-22,46-47H2,1-2H3,(H,49,55)/t30?,36-,39?/m0/s1. The normalized spacial score (nSPS) is 12.8. The number of carbonyl (C=O) groups excluding carboxylic acids is 4. The molecule has 16 heteroatoms. The molecular formula is C41H42Cl2F2N6O6. The van der Waals surface area contributed by atoms with Crippen molar-refractivity contribution in [3.63, 3.8) is 0 Å². The fourth-order valence-electron chi connectivity index (χ4n) is 6.33. The molecule has 0 fully saturated rings. The van der Waals surface area contributed by atoms with E-state index in [1.165, 1.54) is 13.8 Å². The monoisotopic (exact) mass is 822 g/mol. The van der Waals surface area contributed by atoms with Crippen LogP contribution in [0, 0.1) is 17.6 Å². The number of esters is 2. The SMILES string of the molecule is CC(=O)OCCN(CCOC(C)=O)c1ccc(-c2nc3cc(C(NC(=O)[C@@H](N)Cc4ccc(Cl)c(Cl)c4)C(C=O)CN)ccc3n2Cc2cc(F)ccc2F)cc1. The van der Waals surface area contributed by atoms with Crippen LogP contribution in [-0.4, -0.2) is 72.6 Å². The first-order valence-corrected chi connectivity index (χ1v) is 18.7. The molecule has 2 unspecified atom stereocenters. The first-order chi connectivity index (χ1) is 27.3. The van der Waals surface area contributed by atoms with E-state index in [0.29, 0.717) is 63.0 Å². The molecule has 300 valence electrons. The number of nitrogens with two attached hydrogens (primary N) is 2. The molecule has 0 saturated heterocycles. The lowest BCUT2D eigenvalue weighted by molar-refractivity contribution is -0.141. The Morgan fingerprint density at radius 2 is 1.60 bits per heavy atom. The molecule has 0 aliphatic heterocycles. The number of ether oxygens (including phenoxy) is 2. The Labute approximate surface area is 338 Å². The number of imidazole rings is 1. The molecule has 5 rings (SSSR count). The third-order valence-corrected chi connectivity index (χ3v) is 9.98. The van der Waals surface area contributed by atoms with Gasteiger partial charge in [0.1, 0.15) is 37.0 Å². The quantitative estimate of drug-likeness (QED) is 0.0728. The number of hydrogen-bond acceptors (Lipinski definition) is 10. The average molecular weight is 824 g/mol. The number of rotatable bonds is 18. The fourth-order valence-corrected chi connectivity index (χ4v) is 6.65. The Morgan fingerprint density at radius 3 is 2.21 bits per heavy atom. The molecule has 1 heterocycles. The summed E-state index contributed by atoms with van der Waals surface area (Å²) in [4.78, 5) is 55.3. The number of carbonyl (C=O) groups is 4. The molecule has 12 nitrogen and oxygen atoms in total. The molecule has 57 heavy (non-hydrogen) atoms. The van der Waals surface area contributed by atoms with Gasteiger partial charge in [-0.1, -0.05) is 35.3 Å². The number of nitrogens with one attached hydrogen (secondary N) is 1. The average Bonchev–Trinajstić information content (AvgIpc) is 3.54. The number of benzene rings is 4. The van der Waals surface area contributed by atoms with Gasteiger partial charge in [-0.15, -0.1) is 0 Å². The van der Waals surface area contributed by atoms with Crippen LogP contribution in [0.3, 0.4) is 0 Å². The molecule has 4 aromatic carbocycles. The zero-order valence-corrected chi connectivity index (χ0v) is 32.7. The smallest absolute Gasteiger partial charge is 0.302 e. The van der Waals surface area contributed by atoms with Crippen LogP contribution in [0.2, 0.25) is 10.0 Å². The molecule has 3 atom stereocenters. The molecule has 0 radical (unpaired) electrons. The molecule has 5 N–H and O–H groups in total. The maximum Gasteiger partial charge on any atom is 0.302 e. The van der Waals surface area contributed by atoms with Crippen molar-refractivity contribution in [3.05, 3.63) is 117 Å². The van der Waals surface area contributed by atoms with Gasteiger partial charge in [0.05, 0.1) is 58.7 Å². The van der Waals surface area contributed by atoms with Crippen molar-refractivity contribution >= 4 is 64.1 Å². The van der Waals surface area contributed by atoms with E-state index in [-0.39, 0.29) is 38.3 Å². The molecule has 1 amide bonds. The molecule has 1 aromatic heterocycles. The zero-order valence-electron chi connectivity index (χ0n) is 31.2. The van der Waals surface area contributed by atoms with Crippen LogP contribution in [-0.2, 0) is 41.6 Å². The van der Waals surface area contributed by atoms with Crippen LogP contribution in [0.25, 0.3) is 22.4 Å². The number of aldehydes is 1. The number of amides is 1. The second-order valence-corrected chi connectivity index (χ2v) is 14.1. The van der Waals surface area contributed by atoms with E-state index in [1.54, 1.807) is 53.1 Å². The highest BCUT2D eigenvalue weighted by Gasteiger charge is 2.28. The lowest BCUT2D eigenvalue weighted by Crippen LogP contribution is -2.46. The fraction of sp³-hybridized carbons (Fsp3) is 0.293. The van der Waals surface area contributed by atoms with Gasteiger partial charge in [-0.3, -0.25) is 14.4 Å². The number of hydrogen-bond donors (Lipinski definition) is 3. The summed E-state index contributed by atoms with van der Waals surface area (Å²) in [6.45, 7) is 3.31. The van der Waals surface area contributed by atoms with Gasteiger partial charge in [-0.25, -0.2) is 13.8 Å². The van der Waals surface area contributed by atoms with Crippen LogP contribution in [0.1, 0.15) is 36.6 Å². The summed E-state index contributed by atoms with van der Waals surface area (Å²) >= 11 is 12.2. The van der Waals surface area contributed by atoms with Gasteiger partial charge in [0.15, 0.2) is 0 Å². The van der Waals surface area contributed by atoms with Crippen molar-refractivity contribution in [2.24, 2.45) is 17.4 Å². The Morgan fingerprint density at radius 1 is 0.912 bits per heavy atom. The van der Waals surface area contributed by atoms with Gasteiger partial charge < -0.3 is 40.5 Å². The lowest BCUT2D eigenvalue weighted by atomic mass is 9.93. The minimum atomic E-state index is -1.01. The van der Waals surface area contributed by atoms with Gasteiger partial charge in [-0.2, -0.15) is 0 Å². The Hall–Kier alpha value is -5.41. The first-order valence-electron chi connectivity index (χ1n) is 18.0. The van der Waals surface area contributed by atoms with Crippen LogP contribution in [0.5, 0.6) is 0 Å². The third-order valence-electron chi connectivity index (χ3n) is 9.24. The minimum absolute atomic E-state index is 0.0851. The number of nitrogens with zero attached hydrogens (tertiary/aromatic N) is 3.